The van der Waals surface area contributed by atoms with E-state index < -0.39 is 0 Å². The van der Waals surface area contributed by atoms with Crippen molar-refractivity contribution in [3.8, 4) is 10.4 Å². The van der Waals surface area contributed by atoms with E-state index in [1.165, 1.54) is 19.8 Å². The molecule has 3 aromatic rings. The van der Waals surface area contributed by atoms with Gasteiger partial charge < -0.3 is 0 Å². The molecule has 1 aromatic carbocycles. The van der Waals surface area contributed by atoms with Crippen LogP contribution in [0.2, 0.25) is 0 Å². The Morgan fingerprint density at radius 2 is 1.58 bits per heavy atom. The van der Waals surface area contributed by atoms with Gasteiger partial charge in [0, 0.05) is 4.88 Å². The van der Waals surface area contributed by atoms with E-state index in [1.54, 1.807) is 22.7 Å². The summed E-state index contributed by atoms with van der Waals surface area (Å²) in [6.45, 7) is 2.18. The lowest BCUT2D eigenvalue weighted by Crippen LogP contribution is -1.78. The first-order valence-corrected chi connectivity index (χ1v) is 8.66. The van der Waals surface area contributed by atoms with E-state index in [-0.39, 0.29) is 0 Å². The van der Waals surface area contributed by atoms with Crippen molar-refractivity contribution in [2.24, 2.45) is 0 Å². The lowest BCUT2D eigenvalue weighted by molar-refractivity contribution is 1.14. The zero-order valence-electron chi connectivity index (χ0n) is 10.7. The minimum Gasteiger partial charge on any atom is -0.144 e. The highest BCUT2D eigenvalue weighted by Gasteiger charge is 1.96. The van der Waals surface area contributed by atoms with Gasteiger partial charge in [-0.25, -0.2) is 0 Å². The van der Waals surface area contributed by atoms with Crippen molar-refractivity contribution in [3.05, 3.63) is 68.6 Å². The quantitative estimate of drug-likeness (QED) is 0.495. The van der Waals surface area contributed by atoms with E-state index in [1.807, 2.05) is 17.5 Å². The molecule has 2 heterocycles. The summed E-state index contributed by atoms with van der Waals surface area (Å²) in [6, 6.07) is 17.1. The zero-order chi connectivity index (χ0) is 13.5. The lowest BCUT2D eigenvalue weighted by atomic mass is 10.1. The van der Waals surface area contributed by atoms with Crippen molar-refractivity contribution < 1.29 is 0 Å². The largest absolute Gasteiger partial charge is 0.144 e. The zero-order valence-corrected chi connectivity index (χ0v) is 13.9. The third kappa shape index (κ3) is 4.60. The van der Waals surface area contributed by atoms with Crippen LogP contribution >= 0.6 is 38.6 Å². The van der Waals surface area contributed by atoms with Crippen LogP contribution < -0.4 is 0 Å². The number of thiophene rings is 2. The Morgan fingerprint density at radius 3 is 2.00 bits per heavy atom. The minimum absolute atomic E-state index is 1.12. The molecular weight excluding hydrogens is 336 g/mol. The minimum atomic E-state index is 1.12. The topological polar surface area (TPSA) is 0 Å². The molecule has 0 bridgehead atoms. The highest BCUT2D eigenvalue weighted by Crippen LogP contribution is 2.24. The number of hydrogen-bond donors (Lipinski definition) is 0. The highest BCUT2D eigenvalue weighted by molar-refractivity contribution is 9.11. The molecule has 0 aliphatic rings. The van der Waals surface area contributed by atoms with Crippen molar-refractivity contribution in [2.75, 3.05) is 0 Å². The summed E-state index contributed by atoms with van der Waals surface area (Å²) in [4.78, 5) is 1.35. The molecule has 0 N–H and O–H groups in total. The first-order chi connectivity index (χ1) is 9.29. The number of aryl methyl sites for hydroxylation is 1. The summed E-state index contributed by atoms with van der Waals surface area (Å²) in [5.41, 5.74) is 2.73. The molecule has 98 valence electrons. The summed E-state index contributed by atoms with van der Waals surface area (Å²) in [5.74, 6) is 0. The predicted octanol–water partition coefficient (Wildman–Crippen LogP) is 6.49. The third-order valence-electron chi connectivity index (χ3n) is 2.65. The van der Waals surface area contributed by atoms with Gasteiger partial charge >= 0.3 is 0 Å². The van der Waals surface area contributed by atoms with Crippen molar-refractivity contribution in [3.63, 3.8) is 0 Å². The van der Waals surface area contributed by atoms with E-state index >= 15 is 0 Å². The molecule has 0 aliphatic heterocycles. The van der Waals surface area contributed by atoms with Crippen molar-refractivity contribution >= 4 is 38.6 Å². The van der Waals surface area contributed by atoms with Crippen LogP contribution in [-0.2, 0) is 6.42 Å². The molecule has 0 nitrogen and oxygen atoms in total. The van der Waals surface area contributed by atoms with Crippen LogP contribution in [0.1, 0.15) is 12.5 Å². The SMILES string of the molecule is Brc1cccs1.CCc1ccc(-c2cccs2)cc1. The van der Waals surface area contributed by atoms with Crippen molar-refractivity contribution in [2.45, 2.75) is 13.3 Å². The van der Waals surface area contributed by atoms with E-state index in [4.69, 9.17) is 0 Å². The van der Waals surface area contributed by atoms with Gasteiger partial charge in [0.1, 0.15) is 0 Å². The van der Waals surface area contributed by atoms with E-state index in [2.05, 4.69) is 64.6 Å². The Bertz CT molecular complexity index is 566. The van der Waals surface area contributed by atoms with Crippen molar-refractivity contribution in [1.82, 2.24) is 0 Å². The summed E-state index contributed by atoms with van der Waals surface area (Å²) in [7, 11) is 0. The van der Waals surface area contributed by atoms with Gasteiger partial charge in [0.05, 0.1) is 3.79 Å². The number of rotatable bonds is 2. The summed E-state index contributed by atoms with van der Waals surface area (Å²) < 4.78 is 1.20. The van der Waals surface area contributed by atoms with Gasteiger partial charge in [0.15, 0.2) is 0 Å². The second-order valence-corrected chi connectivity index (χ2v) is 7.22. The predicted molar refractivity (Wildman–Crippen MR) is 91.2 cm³/mol. The number of benzene rings is 1. The molecule has 0 amide bonds. The summed E-state index contributed by atoms with van der Waals surface area (Å²) in [5, 5.41) is 4.15. The van der Waals surface area contributed by atoms with Gasteiger partial charge in [-0.15, -0.1) is 22.7 Å². The van der Waals surface area contributed by atoms with Crippen LogP contribution in [0.3, 0.4) is 0 Å². The monoisotopic (exact) mass is 350 g/mol. The van der Waals surface area contributed by atoms with Crippen molar-refractivity contribution in [1.29, 1.82) is 0 Å². The second-order valence-electron chi connectivity index (χ2n) is 3.94. The Kier molecular flexibility index (Phi) is 5.83. The molecule has 0 unspecified atom stereocenters. The molecule has 0 saturated carbocycles. The molecule has 2 aromatic heterocycles. The smallest absolute Gasteiger partial charge is 0.0698 e. The van der Waals surface area contributed by atoms with E-state index in [0.29, 0.717) is 0 Å². The van der Waals surface area contributed by atoms with Gasteiger partial charge in [-0.1, -0.05) is 43.3 Å². The molecule has 0 radical (unpaired) electrons. The second kappa shape index (κ2) is 7.63. The van der Waals surface area contributed by atoms with Gasteiger partial charge in [-0.2, -0.15) is 0 Å². The average Bonchev–Trinajstić information content (AvgIpc) is 3.12. The maximum Gasteiger partial charge on any atom is 0.0698 e. The fraction of sp³-hybridized carbons (Fsp3) is 0.125. The molecule has 0 fully saturated rings. The van der Waals surface area contributed by atoms with Crippen LogP contribution in [0.15, 0.2) is 63.1 Å². The molecule has 0 saturated heterocycles. The average molecular weight is 351 g/mol. The van der Waals surface area contributed by atoms with Crippen LogP contribution in [0.4, 0.5) is 0 Å². The molecule has 19 heavy (non-hydrogen) atoms. The Balaban J connectivity index is 0.000000186. The van der Waals surface area contributed by atoms with Crippen LogP contribution in [0.25, 0.3) is 10.4 Å². The first-order valence-electron chi connectivity index (χ1n) is 6.11. The van der Waals surface area contributed by atoms with Crippen LogP contribution in [-0.4, -0.2) is 0 Å². The third-order valence-corrected chi connectivity index (χ3v) is 5.05. The maximum atomic E-state index is 3.30. The molecular formula is C16H15BrS2. The normalized spacial score (nSPS) is 9.79. The van der Waals surface area contributed by atoms with Gasteiger partial charge in [-0.05, 0) is 56.4 Å². The fourth-order valence-electron chi connectivity index (χ4n) is 1.61. The molecule has 0 atom stereocenters. The Labute approximate surface area is 130 Å². The number of hydrogen-bond acceptors (Lipinski definition) is 2. The molecule has 0 spiro atoms. The number of halogens is 1. The summed E-state index contributed by atoms with van der Waals surface area (Å²) >= 11 is 6.78. The van der Waals surface area contributed by atoms with Gasteiger partial charge in [0.2, 0.25) is 0 Å². The first kappa shape index (κ1) is 14.5. The van der Waals surface area contributed by atoms with Gasteiger partial charge in [-0.3, -0.25) is 0 Å². The highest BCUT2D eigenvalue weighted by atomic mass is 79.9. The summed E-state index contributed by atoms with van der Waals surface area (Å²) in [6.07, 6.45) is 1.12. The Hall–Kier alpha value is -0.900. The van der Waals surface area contributed by atoms with Gasteiger partial charge in [0.25, 0.3) is 0 Å². The lowest BCUT2D eigenvalue weighted by Gasteiger charge is -1.99. The Morgan fingerprint density at radius 1 is 0.895 bits per heavy atom. The fourth-order valence-corrected chi connectivity index (χ4v) is 3.26. The van der Waals surface area contributed by atoms with E-state index in [9.17, 15) is 0 Å². The molecule has 0 aliphatic carbocycles. The van der Waals surface area contributed by atoms with Crippen LogP contribution in [0, 0.1) is 0 Å². The maximum absolute atomic E-state index is 3.30. The molecule has 3 heteroatoms. The van der Waals surface area contributed by atoms with Crippen LogP contribution in [0.5, 0.6) is 0 Å². The molecule has 3 rings (SSSR count). The van der Waals surface area contributed by atoms with E-state index in [0.717, 1.165) is 6.42 Å². The standard InChI is InChI=1S/C12H12S.C4H3BrS/c1-2-10-5-7-11(8-6-10)12-4-3-9-13-12;5-4-2-1-3-6-4/h3-9H,2H2,1H3;1-3H.